The van der Waals surface area contributed by atoms with E-state index in [9.17, 15) is 0 Å². The molecule has 0 radical (unpaired) electrons. The van der Waals surface area contributed by atoms with Crippen LogP contribution in [0.2, 0.25) is 0 Å². The molecule has 3 rings (SSSR count). The second-order valence-electron chi connectivity index (χ2n) is 5.09. The summed E-state index contributed by atoms with van der Waals surface area (Å²) in [6.07, 6.45) is 4.19. The Balaban J connectivity index is 2.13. The minimum atomic E-state index is 0.441. The van der Waals surface area contributed by atoms with Crippen LogP contribution in [0.5, 0.6) is 0 Å². The molecule has 3 aromatic rings. The number of benzene rings is 1. The van der Waals surface area contributed by atoms with Crippen LogP contribution in [0.3, 0.4) is 0 Å². The van der Waals surface area contributed by atoms with E-state index in [-0.39, 0.29) is 0 Å². The number of nitrogens with one attached hydrogen (secondary N) is 2. The lowest BCUT2D eigenvalue weighted by Crippen LogP contribution is -2.15. The standard InChI is InChI=1S/C16H19N3/c1-3-6-11(2)18-16-15-12-7-4-5-8-13(12)19-14(15)9-10-17-16/h4-5,7-11,19H,3,6H2,1-2H3,(H,17,18). The number of aromatic amines is 1. The lowest BCUT2D eigenvalue weighted by atomic mass is 10.1. The molecule has 0 amide bonds. The first-order valence-corrected chi connectivity index (χ1v) is 6.91. The highest BCUT2D eigenvalue weighted by molar-refractivity contribution is 6.12. The molecule has 0 aliphatic carbocycles. The largest absolute Gasteiger partial charge is 0.367 e. The van der Waals surface area contributed by atoms with Crippen LogP contribution in [0.4, 0.5) is 5.82 Å². The number of rotatable bonds is 4. The van der Waals surface area contributed by atoms with Crippen molar-refractivity contribution in [3.8, 4) is 0 Å². The van der Waals surface area contributed by atoms with E-state index in [1.807, 2.05) is 12.3 Å². The lowest BCUT2D eigenvalue weighted by Gasteiger charge is -2.14. The van der Waals surface area contributed by atoms with Gasteiger partial charge in [0.05, 0.1) is 5.52 Å². The molecule has 1 aromatic carbocycles. The quantitative estimate of drug-likeness (QED) is 0.727. The predicted molar refractivity (Wildman–Crippen MR) is 81.6 cm³/mol. The highest BCUT2D eigenvalue weighted by Crippen LogP contribution is 2.30. The van der Waals surface area contributed by atoms with Crippen molar-refractivity contribution in [3.63, 3.8) is 0 Å². The second-order valence-corrected chi connectivity index (χ2v) is 5.09. The van der Waals surface area contributed by atoms with Crippen LogP contribution in [-0.2, 0) is 0 Å². The molecule has 0 aliphatic rings. The summed E-state index contributed by atoms with van der Waals surface area (Å²) in [5, 5.41) is 5.96. The average molecular weight is 253 g/mol. The Hall–Kier alpha value is -2.03. The van der Waals surface area contributed by atoms with Gasteiger partial charge in [-0.1, -0.05) is 31.5 Å². The van der Waals surface area contributed by atoms with E-state index < -0.39 is 0 Å². The van der Waals surface area contributed by atoms with Crippen LogP contribution in [0, 0.1) is 0 Å². The van der Waals surface area contributed by atoms with Gasteiger partial charge in [0, 0.05) is 28.5 Å². The molecular weight excluding hydrogens is 234 g/mol. The Kier molecular flexibility index (Phi) is 3.11. The number of hydrogen-bond acceptors (Lipinski definition) is 2. The highest BCUT2D eigenvalue weighted by atomic mass is 15.0. The van der Waals surface area contributed by atoms with Gasteiger partial charge in [0.2, 0.25) is 0 Å². The number of H-pyrrole nitrogens is 1. The summed E-state index contributed by atoms with van der Waals surface area (Å²) >= 11 is 0. The van der Waals surface area contributed by atoms with Gasteiger partial charge in [0.25, 0.3) is 0 Å². The molecule has 0 spiro atoms. The lowest BCUT2D eigenvalue weighted by molar-refractivity contribution is 0.688. The number of anilines is 1. The van der Waals surface area contributed by atoms with Gasteiger partial charge in [-0.3, -0.25) is 0 Å². The molecule has 98 valence electrons. The van der Waals surface area contributed by atoms with Gasteiger partial charge in [0.15, 0.2) is 0 Å². The molecule has 2 N–H and O–H groups in total. The number of pyridine rings is 1. The number of aromatic nitrogens is 2. The van der Waals surface area contributed by atoms with Gasteiger partial charge in [-0.15, -0.1) is 0 Å². The SMILES string of the molecule is CCCC(C)Nc1nccc2[nH]c3ccccc3c12. The molecule has 0 saturated carbocycles. The predicted octanol–water partition coefficient (Wildman–Crippen LogP) is 4.32. The van der Waals surface area contributed by atoms with E-state index >= 15 is 0 Å². The van der Waals surface area contributed by atoms with Crippen molar-refractivity contribution in [1.82, 2.24) is 9.97 Å². The zero-order valence-electron chi connectivity index (χ0n) is 11.4. The molecule has 1 unspecified atom stereocenters. The fraction of sp³-hybridized carbons (Fsp3) is 0.312. The smallest absolute Gasteiger partial charge is 0.136 e. The number of nitrogens with zero attached hydrogens (tertiary/aromatic N) is 1. The molecule has 3 heteroatoms. The molecule has 2 aromatic heterocycles. The summed E-state index contributed by atoms with van der Waals surface area (Å²) in [4.78, 5) is 7.96. The van der Waals surface area contributed by atoms with Gasteiger partial charge >= 0.3 is 0 Å². The second kappa shape index (κ2) is 4.92. The normalized spacial score (nSPS) is 12.9. The molecule has 3 nitrogen and oxygen atoms in total. The van der Waals surface area contributed by atoms with Crippen LogP contribution in [-0.4, -0.2) is 16.0 Å². The number of hydrogen-bond donors (Lipinski definition) is 2. The van der Waals surface area contributed by atoms with Crippen molar-refractivity contribution in [1.29, 1.82) is 0 Å². The average Bonchev–Trinajstić information content (AvgIpc) is 2.78. The monoisotopic (exact) mass is 253 g/mol. The van der Waals surface area contributed by atoms with Crippen molar-refractivity contribution in [2.24, 2.45) is 0 Å². The molecular formula is C16H19N3. The molecule has 1 atom stereocenters. The van der Waals surface area contributed by atoms with E-state index in [1.165, 1.54) is 17.2 Å². The van der Waals surface area contributed by atoms with Crippen LogP contribution in [0.15, 0.2) is 36.5 Å². The Morgan fingerprint density at radius 3 is 2.89 bits per heavy atom. The molecule has 0 fully saturated rings. The van der Waals surface area contributed by atoms with E-state index in [4.69, 9.17) is 0 Å². The molecule has 0 aliphatic heterocycles. The molecule has 2 heterocycles. The zero-order valence-corrected chi connectivity index (χ0v) is 11.4. The third kappa shape index (κ3) is 2.16. The first kappa shape index (κ1) is 12.0. The van der Waals surface area contributed by atoms with Gasteiger partial charge in [0.1, 0.15) is 5.82 Å². The summed E-state index contributed by atoms with van der Waals surface area (Å²) in [5.74, 6) is 0.982. The van der Waals surface area contributed by atoms with Crippen molar-refractivity contribution >= 4 is 27.6 Å². The minimum absolute atomic E-state index is 0.441. The van der Waals surface area contributed by atoms with E-state index in [0.29, 0.717) is 6.04 Å². The summed E-state index contributed by atoms with van der Waals surface area (Å²) in [5.41, 5.74) is 2.30. The maximum atomic E-state index is 4.52. The first-order chi connectivity index (χ1) is 9.29. The summed E-state index contributed by atoms with van der Waals surface area (Å²) in [7, 11) is 0. The van der Waals surface area contributed by atoms with Crippen molar-refractivity contribution in [3.05, 3.63) is 36.5 Å². The number of para-hydroxylation sites is 1. The Morgan fingerprint density at radius 1 is 1.21 bits per heavy atom. The number of fused-ring (bicyclic) bond motifs is 3. The Bertz CT molecular complexity index is 699. The van der Waals surface area contributed by atoms with E-state index in [1.54, 1.807) is 0 Å². The maximum absolute atomic E-state index is 4.52. The van der Waals surface area contributed by atoms with E-state index in [0.717, 1.165) is 23.3 Å². The molecule has 0 saturated heterocycles. The van der Waals surface area contributed by atoms with E-state index in [2.05, 4.69) is 53.4 Å². The van der Waals surface area contributed by atoms with Gasteiger partial charge in [-0.2, -0.15) is 0 Å². The maximum Gasteiger partial charge on any atom is 0.136 e. The first-order valence-electron chi connectivity index (χ1n) is 6.91. The van der Waals surface area contributed by atoms with Gasteiger partial charge in [-0.05, 0) is 25.5 Å². The van der Waals surface area contributed by atoms with Gasteiger partial charge in [-0.25, -0.2) is 4.98 Å². The molecule has 0 bridgehead atoms. The summed E-state index contributed by atoms with van der Waals surface area (Å²) in [6.45, 7) is 4.41. The highest BCUT2D eigenvalue weighted by Gasteiger charge is 2.10. The third-order valence-electron chi connectivity index (χ3n) is 3.52. The van der Waals surface area contributed by atoms with Crippen molar-refractivity contribution < 1.29 is 0 Å². The fourth-order valence-electron chi connectivity index (χ4n) is 2.64. The van der Waals surface area contributed by atoms with Crippen LogP contribution in [0.1, 0.15) is 26.7 Å². The Labute approximate surface area is 113 Å². The summed E-state index contributed by atoms with van der Waals surface area (Å²) < 4.78 is 0. The van der Waals surface area contributed by atoms with Crippen molar-refractivity contribution in [2.45, 2.75) is 32.7 Å². The minimum Gasteiger partial charge on any atom is -0.367 e. The fourth-order valence-corrected chi connectivity index (χ4v) is 2.64. The van der Waals surface area contributed by atoms with Crippen LogP contribution >= 0.6 is 0 Å². The van der Waals surface area contributed by atoms with Crippen molar-refractivity contribution in [2.75, 3.05) is 5.32 Å². The zero-order chi connectivity index (χ0) is 13.2. The van der Waals surface area contributed by atoms with Gasteiger partial charge < -0.3 is 10.3 Å². The third-order valence-corrected chi connectivity index (χ3v) is 3.52. The van der Waals surface area contributed by atoms with Crippen LogP contribution < -0.4 is 5.32 Å². The Morgan fingerprint density at radius 2 is 2.05 bits per heavy atom. The summed E-state index contributed by atoms with van der Waals surface area (Å²) in [6, 6.07) is 10.8. The molecule has 19 heavy (non-hydrogen) atoms. The van der Waals surface area contributed by atoms with Crippen LogP contribution in [0.25, 0.3) is 21.8 Å². The topological polar surface area (TPSA) is 40.7 Å².